The van der Waals surface area contributed by atoms with Gasteiger partial charge in [0.25, 0.3) is 5.91 Å². The maximum atomic E-state index is 11.3. The van der Waals surface area contributed by atoms with Crippen LogP contribution in [-0.2, 0) is 24.2 Å². The number of hydrogen-bond donors (Lipinski definition) is 2. The predicted octanol–water partition coefficient (Wildman–Crippen LogP) is 3.32. The monoisotopic (exact) mass is 421 g/mol. The minimum Gasteiger partial charge on any atom is -0.327 e. The van der Waals surface area contributed by atoms with Crippen molar-refractivity contribution >= 4 is 23.0 Å². The Labute approximate surface area is 183 Å². The van der Waals surface area contributed by atoms with Gasteiger partial charge in [-0.25, -0.2) is 10.5 Å². The largest absolute Gasteiger partial charge is 0.327 e. The van der Waals surface area contributed by atoms with Crippen LogP contribution in [0, 0.1) is 5.41 Å². The minimum atomic E-state index is -0.562. The maximum Gasteiger partial charge on any atom is 0.267 e. The number of rotatable bonds is 9. The summed E-state index contributed by atoms with van der Waals surface area (Å²) in [5.74, 6) is 0.480. The number of nitrogens with zero attached hydrogens (tertiary/aromatic N) is 4. The van der Waals surface area contributed by atoms with Gasteiger partial charge in [-0.2, -0.15) is 0 Å². The number of hydroxylamine groups is 1. The second-order valence-corrected chi connectivity index (χ2v) is 8.93. The molecule has 164 valence electrons. The van der Waals surface area contributed by atoms with Gasteiger partial charge in [0, 0.05) is 38.0 Å². The second kappa shape index (κ2) is 9.85. The molecule has 1 amide bonds. The van der Waals surface area contributed by atoms with Crippen molar-refractivity contribution in [2.45, 2.75) is 33.2 Å². The van der Waals surface area contributed by atoms with Crippen molar-refractivity contribution in [3.8, 4) is 0 Å². The number of pyridine rings is 1. The molecule has 0 spiro atoms. The van der Waals surface area contributed by atoms with Crippen LogP contribution in [0.1, 0.15) is 30.8 Å². The van der Waals surface area contributed by atoms with Gasteiger partial charge in [0.15, 0.2) is 0 Å². The molecule has 3 rings (SSSR count). The average Bonchev–Trinajstić information content (AvgIpc) is 3.06. The molecular formula is C24H31N5O2. The molecule has 0 saturated carbocycles. The first-order valence-electron chi connectivity index (χ1n) is 10.4. The first-order chi connectivity index (χ1) is 14.8. The molecule has 2 heterocycles. The number of carbonyl (C=O) groups excluding carboxylic acids is 1. The molecule has 0 aliphatic heterocycles. The standard InChI is InChI=1S/C24H31N5O2/c1-24(2,16-28(3)4)17-29-21-10-7-18(9-12-23(30)27-31)14-20(21)26-22(29)11-8-19-6-5-13-25-15-19/h5-7,9-10,12-15,31H,8,11,16-17H2,1-4H3,(H,27,30)/b12-9+. The molecule has 0 saturated heterocycles. The SMILES string of the molecule is CN(C)CC(C)(C)Cn1c(CCc2cccnc2)nc2cc(/C=C/C(=O)NO)ccc21. The van der Waals surface area contributed by atoms with Gasteiger partial charge in [-0.15, -0.1) is 0 Å². The zero-order valence-electron chi connectivity index (χ0n) is 18.7. The molecule has 7 heteroatoms. The fourth-order valence-electron chi connectivity index (χ4n) is 4.01. The fraction of sp³-hybridized carbons (Fsp3) is 0.375. The number of aromatic nitrogens is 3. The molecule has 3 aromatic rings. The number of benzene rings is 1. The topological polar surface area (TPSA) is 83.3 Å². The maximum absolute atomic E-state index is 11.3. The summed E-state index contributed by atoms with van der Waals surface area (Å²) in [5.41, 5.74) is 5.69. The second-order valence-electron chi connectivity index (χ2n) is 8.93. The van der Waals surface area contributed by atoms with E-state index < -0.39 is 5.91 Å². The molecule has 0 bridgehead atoms. The van der Waals surface area contributed by atoms with Crippen molar-refractivity contribution in [1.29, 1.82) is 0 Å². The van der Waals surface area contributed by atoms with Gasteiger partial charge in [0.1, 0.15) is 5.82 Å². The molecule has 0 radical (unpaired) electrons. The van der Waals surface area contributed by atoms with Crippen LogP contribution in [0.5, 0.6) is 0 Å². The summed E-state index contributed by atoms with van der Waals surface area (Å²) in [6.45, 7) is 6.36. The average molecular weight is 422 g/mol. The third kappa shape index (κ3) is 6.23. The van der Waals surface area contributed by atoms with Gasteiger partial charge in [-0.3, -0.25) is 15.0 Å². The Kier molecular flexibility index (Phi) is 7.20. The van der Waals surface area contributed by atoms with Gasteiger partial charge < -0.3 is 9.47 Å². The van der Waals surface area contributed by atoms with E-state index in [1.807, 2.05) is 24.4 Å². The molecule has 0 fully saturated rings. The van der Waals surface area contributed by atoms with E-state index in [1.54, 1.807) is 17.8 Å². The molecule has 0 aliphatic carbocycles. The number of nitrogens with one attached hydrogen (secondary N) is 1. The van der Waals surface area contributed by atoms with E-state index in [0.29, 0.717) is 0 Å². The van der Waals surface area contributed by atoms with Gasteiger partial charge >= 0.3 is 0 Å². The van der Waals surface area contributed by atoms with Crippen LogP contribution in [0.15, 0.2) is 48.8 Å². The Balaban J connectivity index is 1.95. The highest BCUT2D eigenvalue weighted by Gasteiger charge is 2.23. The van der Waals surface area contributed by atoms with Crippen molar-refractivity contribution < 1.29 is 10.0 Å². The van der Waals surface area contributed by atoms with Crippen LogP contribution >= 0.6 is 0 Å². The van der Waals surface area contributed by atoms with Crippen molar-refractivity contribution in [2.24, 2.45) is 5.41 Å². The highest BCUT2D eigenvalue weighted by Crippen LogP contribution is 2.26. The predicted molar refractivity (Wildman–Crippen MR) is 123 cm³/mol. The lowest BCUT2D eigenvalue weighted by Crippen LogP contribution is -2.32. The normalized spacial score (nSPS) is 12.2. The van der Waals surface area contributed by atoms with Crippen LogP contribution in [0.25, 0.3) is 17.1 Å². The Morgan fingerprint density at radius 3 is 2.74 bits per heavy atom. The Hall–Kier alpha value is -3.03. The van der Waals surface area contributed by atoms with E-state index in [4.69, 9.17) is 10.2 Å². The van der Waals surface area contributed by atoms with E-state index in [2.05, 4.69) is 54.5 Å². The third-order valence-electron chi connectivity index (χ3n) is 5.08. The van der Waals surface area contributed by atoms with E-state index in [-0.39, 0.29) is 5.41 Å². The number of hydrogen-bond acceptors (Lipinski definition) is 5. The minimum absolute atomic E-state index is 0.0674. The molecule has 2 aromatic heterocycles. The van der Waals surface area contributed by atoms with Crippen LogP contribution in [0.2, 0.25) is 0 Å². The van der Waals surface area contributed by atoms with Crippen molar-refractivity contribution in [3.05, 3.63) is 65.8 Å². The lowest BCUT2D eigenvalue weighted by Gasteiger charge is -2.29. The Morgan fingerprint density at radius 2 is 2.06 bits per heavy atom. The molecule has 0 atom stereocenters. The zero-order valence-corrected chi connectivity index (χ0v) is 18.7. The molecule has 2 N–H and O–H groups in total. The Bertz CT molecular complexity index is 1050. The molecule has 7 nitrogen and oxygen atoms in total. The summed E-state index contributed by atoms with van der Waals surface area (Å²) < 4.78 is 2.32. The summed E-state index contributed by atoms with van der Waals surface area (Å²) in [7, 11) is 4.19. The Morgan fingerprint density at radius 1 is 1.26 bits per heavy atom. The van der Waals surface area contributed by atoms with Crippen LogP contribution < -0.4 is 5.48 Å². The summed E-state index contributed by atoms with van der Waals surface area (Å²) in [6.07, 6.45) is 8.33. The number of imidazole rings is 1. The molecule has 0 unspecified atom stereocenters. The van der Waals surface area contributed by atoms with Gasteiger partial charge in [-0.05, 0) is 61.3 Å². The van der Waals surface area contributed by atoms with E-state index in [9.17, 15) is 4.79 Å². The highest BCUT2D eigenvalue weighted by atomic mass is 16.5. The summed E-state index contributed by atoms with van der Waals surface area (Å²) in [4.78, 5) is 22.7. The van der Waals surface area contributed by atoms with Crippen molar-refractivity contribution in [3.63, 3.8) is 0 Å². The first-order valence-corrected chi connectivity index (χ1v) is 10.4. The quantitative estimate of drug-likeness (QED) is 0.315. The van der Waals surface area contributed by atoms with Crippen LogP contribution in [0.3, 0.4) is 0 Å². The van der Waals surface area contributed by atoms with Gasteiger partial charge in [0.2, 0.25) is 0 Å². The van der Waals surface area contributed by atoms with Crippen molar-refractivity contribution in [2.75, 3.05) is 20.6 Å². The summed E-state index contributed by atoms with van der Waals surface area (Å²) in [5, 5.41) is 8.67. The van der Waals surface area contributed by atoms with E-state index in [0.717, 1.165) is 48.4 Å². The molecule has 31 heavy (non-hydrogen) atoms. The molecule has 1 aromatic carbocycles. The van der Waals surface area contributed by atoms with Gasteiger partial charge in [0.05, 0.1) is 11.0 Å². The number of fused-ring (bicyclic) bond motifs is 1. The van der Waals surface area contributed by atoms with Gasteiger partial charge in [-0.1, -0.05) is 26.0 Å². The number of aryl methyl sites for hydroxylation is 2. The van der Waals surface area contributed by atoms with E-state index >= 15 is 0 Å². The summed E-state index contributed by atoms with van der Waals surface area (Å²) in [6, 6.07) is 10.0. The smallest absolute Gasteiger partial charge is 0.267 e. The van der Waals surface area contributed by atoms with E-state index in [1.165, 1.54) is 11.6 Å². The first kappa shape index (κ1) is 22.7. The zero-order chi connectivity index (χ0) is 22.4. The third-order valence-corrected chi connectivity index (χ3v) is 5.08. The summed E-state index contributed by atoms with van der Waals surface area (Å²) >= 11 is 0. The lowest BCUT2D eigenvalue weighted by atomic mass is 9.92. The molecular weight excluding hydrogens is 390 g/mol. The number of carbonyl (C=O) groups is 1. The van der Waals surface area contributed by atoms with Crippen LogP contribution in [-0.4, -0.2) is 51.2 Å². The molecule has 0 aliphatic rings. The number of amides is 1. The fourth-order valence-corrected chi connectivity index (χ4v) is 4.01. The van der Waals surface area contributed by atoms with Crippen LogP contribution in [0.4, 0.5) is 0 Å². The lowest BCUT2D eigenvalue weighted by molar-refractivity contribution is -0.124. The highest BCUT2D eigenvalue weighted by molar-refractivity contribution is 5.91. The van der Waals surface area contributed by atoms with Crippen molar-refractivity contribution in [1.82, 2.24) is 24.9 Å².